The topological polar surface area (TPSA) is 188 Å². The first kappa shape index (κ1) is 53.4. The molecule has 0 aliphatic carbocycles. The van der Waals surface area contributed by atoms with Gasteiger partial charge in [-0.1, -0.05) is 93.6 Å². The van der Waals surface area contributed by atoms with E-state index < -0.39 is 55.1 Å². The monoisotopic (exact) mass is 1000 g/mol. The summed E-state index contributed by atoms with van der Waals surface area (Å²) in [5, 5.41) is 13.2. The smallest absolute Gasteiger partial charge is 0.330 e. The van der Waals surface area contributed by atoms with Crippen LogP contribution in [0.5, 0.6) is 11.5 Å². The number of aromatic nitrogens is 3. The molecule has 0 bridgehead atoms. The van der Waals surface area contributed by atoms with E-state index in [0.29, 0.717) is 17.9 Å². The Morgan fingerprint density at radius 3 is 2.04 bits per heavy atom. The number of aromatic amines is 1. The molecule has 1 amide bonds. The Morgan fingerprint density at radius 1 is 0.861 bits per heavy atom. The Hall–Kier alpha value is -6.44. The number of methoxy groups -OCH3 is 2. The number of hydrogen-bond donors (Lipinski definition) is 2. The quantitative estimate of drug-likeness (QED) is 0.0396. The summed E-state index contributed by atoms with van der Waals surface area (Å²) in [6.07, 6.45) is 0.946. The van der Waals surface area contributed by atoms with Crippen LogP contribution in [0.4, 0.5) is 0 Å². The summed E-state index contributed by atoms with van der Waals surface area (Å²) >= 11 is 0. The average molecular weight is 1000 g/mol. The molecule has 4 atom stereocenters. The van der Waals surface area contributed by atoms with Gasteiger partial charge in [-0.05, 0) is 86.7 Å². The molecular weight excluding hydrogens is 936 g/mol. The highest BCUT2D eigenvalue weighted by atomic mass is 31.2. The highest BCUT2D eigenvalue weighted by Gasteiger charge is 2.45. The van der Waals surface area contributed by atoms with Gasteiger partial charge < -0.3 is 33.3 Å². The van der Waals surface area contributed by atoms with Gasteiger partial charge in [0.15, 0.2) is 0 Å². The minimum absolute atomic E-state index is 0.0191. The number of nitrogens with one attached hydrogen (secondary N) is 2. The maximum atomic E-state index is 13.9. The second-order valence-corrected chi connectivity index (χ2v) is 20.6. The first-order valence-electron chi connectivity index (χ1n) is 24.2. The third kappa shape index (κ3) is 11.7. The SMILES string of the molecule is COc1ccc(C(OC[C@H]2O[C@@H](n3cc(C(=O)NCCc4cn(C(=O)C(C)(C)C)c5ccccc45)c(=O)[nH]c3=O)CC2OP(OCCC#N)N(C(C)C)C(C)C)(c2ccccc2)c2ccc(OC)cc2)cc1. The van der Waals surface area contributed by atoms with Crippen molar-refractivity contribution in [3.05, 3.63) is 164 Å². The number of H-pyrrole nitrogens is 1. The van der Waals surface area contributed by atoms with Crippen LogP contribution in [-0.2, 0) is 30.5 Å². The molecule has 1 aliphatic heterocycles. The van der Waals surface area contributed by atoms with Gasteiger partial charge in [-0.25, -0.2) is 9.46 Å². The van der Waals surface area contributed by atoms with E-state index in [-0.39, 0.29) is 56.2 Å². The predicted molar refractivity (Wildman–Crippen MR) is 276 cm³/mol. The van der Waals surface area contributed by atoms with Crippen molar-refractivity contribution in [3.8, 4) is 17.6 Å². The Balaban J connectivity index is 1.23. The van der Waals surface area contributed by atoms with Crippen molar-refractivity contribution < 1.29 is 37.6 Å². The van der Waals surface area contributed by atoms with Crippen LogP contribution >= 0.6 is 8.53 Å². The van der Waals surface area contributed by atoms with Crippen molar-refractivity contribution >= 4 is 31.2 Å². The Morgan fingerprint density at radius 2 is 1.46 bits per heavy atom. The summed E-state index contributed by atoms with van der Waals surface area (Å²) < 4.78 is 43.5. The first-order chi connectivity index (χ1) is 34.5. The third-order valence-electron chi connectivity index (χ3n) is 12.6. The normalized spacial score (nSPS) is 16.6. The number of nitriles is 1. The van der Waals surface area contributed by atoms with Crippen molar-refractivity contribution in [1.29, 1.82) is 5.26 Å². The van der Waals surface area contributed by atoms with Gasteiger partial charge in [-0.15, -0.1) is 0 Å². The van der Waals surface area contributed by atoms with E-state index in [2.05, 4.69) is 21.0 Å². The van der Waals surface area contributed by atoms with Gasteiger partial charge in [0.1, 0.15) is 35.0 Å². The van der Waals surface area contributed by atoms with E-state index in [0.717, 1.165) is 33.2 Å². The number of para-hydroxylation sites is 1. The highest BCUT2D eigenvalue weighted by Crippen LogP contribution is 2.51. The lowest BCUT2D eigenvalue weighted by Gasteiger charge is -2.39. The molecule has 3 heterocycles. The van der Waals surface area contributed by atoms with Crippen molar-refractivity contribution in [3.63, 3.8) is 0 Å². The molecule has 0 spiro atoms. The molecular formula is C55H65N6O10P. The number of rotatable bonds is 21. The van der Waals surface area contributed by atoms with Crippen molar-refractivity contribution in [2.75, 3.05) is 34.0 Å². The van der Waals surface area contributed by atoms with Gasteiger partial charge in [-0.3, -0.25) is 28.5 Å². The number of fused-ring (bicyclic) bond motifs is 1. The van der Waals surface area contributed by atoms with E-state index >= 15 is 0 Å². The summed E-state index contributed by atoms with van der Waals surface area (Å²) in [5.74, 6) is 0.555. The lowest BCUT2D eigenvalue weighted by Crippen LogP contribution is -2.40. The van der Waals surface area contributed by atoms with Crippen LogP contribution in [0.3, 0.4) is 0 Å². The summed E-state index contributed by atoms with van der Waals surface area (Å²) in [4.78, 5) is 56.9. The summed E-state index contributed by atoms with van der Waals surface area (Å²) in [6, 6.07) is 34.8. The standard InChI is InChI=1S/C55H65N6O10P/c1-36(2)61(37(3)4)72(69-31-15-29-56)71-47-32-49(60-34-45(51(63)58-53(60)65)50(62)57-30-28-38-33-59(52(64)54(5,6)7)46-19-14-13-18-44(38)46)70-48(47)35-68-55(39-16-11-10-12-17-39,40-20-24-42(66-8)25-21-40)41-22-26-43(67-9)27-23-41/h10-14,16-27,33-34,36-37,47-49H,15,28,30-32,35H2,1-9H3,(H,57,62)(H,58,63,65)/t47?,48-,49-,72?/m1/s1. The molecule has 72 heavy (non-hydrogen) atoms. The van der Waals surface area contributed by atoms with Gasteiger partial charge in [-0.2, -0.15) is 5.26 Å². The molecule has 7 rings (SSSR count). The zero-order valence-corrected chi connectivity index (χ0v) is 43.3. The van der Waals surface area contributed by atoms with Gasteiger partial charge in [0.25, 0.3) is 20.0 Å². The molecule has 2 aromatic heterocycles. The van der Waals surface area contributed by atoms with Gasteiger partial charge in [0.2, 0.25) is 5.91 Å². The fourth-order valence-corrected chi connectivity index (χ4v) is 10.8. The number of amides is 1. The Labute approximate surface area is 421 Å². The number of carbonyl (C=O) groups excluding carboxylic acids is 2. The lowest BCUT2D eigenvalue weighted by molar-refractivity contribution is -0.0926. The van der Waals surface area contributed by atoms with E-state index in [1.165, 1.54) is 10.8 Å². The van der Waals surface area contributed by atoms with Crippen LogP contribution in [0.25, 0.3) is 10.9 Å². The maximum absolute atomic E-state index is 13.9. The molecule has 6 aromatic rings. The van der Waals surface area contributed by atoms with E-state index in [1.54, 1.807) is 25.0 Å². The molecule has 1 saturated heterocycles. The van der Waals surface area contributed by atoms with E-state index in [9.17, 15) is 24.4 Å². The van der Waals surface area contributed by atoms with Crippen LogP contribution in [0, 0.1) is 16.7 Å². The molecule has 2 N–H and O–H groups in total. The summed E-state index contributed by atoms with van der Waals surface area (Å²) in [6.45, 7) is 13.9. The van der Waals surface area contributed by atoms with Crippen LogP contribution in [0.2, 0.25) is 0 Å². The number of carbonyl (C=O) groups is 2. The highest BCUT2D eigenvalue weighted by molar-refractivity contribution is 7.44. The van der Waals surface area contributed by atoms with Crippen LogP contribution in [0.15, 0.2) is 125 Å². The minimum Gasteiger partial charge on any atom is -0.497 e. The van der Waals surface area contributed by atoms with Crippen LogP contribution in [0.1, 0.15) is 105 Å². The fourth-order valence-electron chi connectivity index (χ4n) is 9.07. The van der Waals surface area contributed by atoms with Crippen LogP contribution < -0.4 is 26.0 Å². The molecule has 16 nitrogen and oxygen atoms in total. The molecule has 17 heteroatoms. The zero-order chi connectivity index (χ0) is 51.7. The Bertz CT molecular complexity index is 2900. The lowest BCUT2D eigenvalue weighted by atomic mass is 9.80. The van der Waals surface area contributed by atoms with Crippen molar-refractivity contribution in [2.24, 2.45) is 5.41 Å². The summed E-state index contributed by atoms with van der Waals surface area (Å²) in [7, 11) is 1.41. The summed E-state index contributed by atoms with van der Waals surface area (Å²) in [5.41, 5.74) is 0.196. The van der Waals surface area contributed by atoms with E-state index in [4.69, 9.17) is 28.0 Å². The predicted octanol–water partition coefficient (Wildman–Crippen LogP) is 9.12. The number of nitrogens with zero attached hydrogens (tertiary/aromatic N) is 4. The molecule has 1 aliphatic rings. The second-order valence-electron chi connectivity index (χ2n) is 19.2. The van der Waals surface area contributed by atoms with Crippen molar-refractivity contribution in [2.45, 2.75) is 104 Å². The molecule has 0 saturated carbocycles. The second kappa shape index (κ2) is 23.4. The molecule has 2 unspecified atom stereocenters. The molecule has 1 fully saturated rings. The average Bonchev–Trinajstić information content (AvgIpc) is 3.94. The van der Waals surface area contributed by atoms with Gasteiger partial charge >= 0.3 is 5.69 Å². The zero-order valence-electron chi connectivity index (χ0n) is 42.4. The van der Waals surface area contributed by atoms with Gasteiger partial charge in [0.05, 0.1) is 51.5 Å². The van der Waals surface area contributed by atoms with Crippen LogP contribution in [-0.4, -0.2) is 88.9 Å². The third-order valence-corrected chi connectivity index (χ3v) is 14.7. The fraction of sp³-hybridized carbons (Fsp3) is 0.400. The number of benzene rings is 4. The van der Waals surface area contributed by atoms with E-state index in [1.807, 2.05) is 152 Å². The largest absolute Gasteiger partial charge is 0.497 e. The first-order valence-corrected chi connectivity index (χ1v) is 25.3. The minimum atomic E-state index is -1.81. The maximum Gasteiger partial charge on any atom is 0.330 e. The molecule has 4 aromatic carbocycles. The number of hydrogen-bond acceptors (Lipinski definition) is 12. The number of ether oxygens (including phenoxy) is 4. The molecule has 0 radical (unpaired) electrons. The molecule has 380 valence electrons. The van der Waals surface area contributed by atoms with Gasteiger partial charge in [0, 0.05) is 48.2 Å². The van der Waals surface area contributed by atoms with Crippen molar-refractivity contribution in [1.82, 2.24) is 24.1 Å². The Kier molecular flexibility index (Phi) is 17.3.